The lowest BCUT2D eigenvalue weighted by Crippen LogP contribution is -2.35. The van der Waals surface area contributed by atoms with E-state index < -0.39 is 5.97 Å². The highest BCUT2D eigenvalue weighted by molar-refractivity contribution is 7.20. The minimum atomic E-state index is -0.993. The average molecular weight is 323 g/mol. The van der Waals surface area contributed by atoms with Crippen LogP contribution in [0, 0.1) is 0 Å². The van der Waals surface area contributed by atoms with Gasteiger partial charge in [-0.2, -0.15) is 5.10 Å². The number of carboxylic acids is 1. The van der Waals surface area contributed by atoms with Crippen molar-refractivity contribution in [1.82, 2.24) is 14.7 Å². The third-order valence-electron chi connectivity index (χ3n) is 3.40. The zero-order valence-corrected chi connectivity index (χ0v) is 14.1. The predicted octanol–water partition coefficient (Wildman–Crippen LogP) is 2.70. The van der Waals surface area contributed by atoms with Gasteiger partial charge in [0, 0.05) is 19.0 Å². The van der Waals surface area contributed by atoms with Crippen LogP contribution >= 0.6 is 11.3 Å². The van der Waals surface area contributed by atoms with E-state index in [1.807, 2.05) is 20.0 Å². The molecule has 0 aromatic carbocycles. The number of rotatable bonds is 6. The molecular formula is C15H21N3O3S. The number of aliphatic carboxylic acids is 1. The molecule has 2 heterocycles. The lowest BCUT2D eigenvalue weighted by atomic mass is 10.1. The molecule has 2 aromatic heterocycles. The molecule has 0 spiro atoms. The molecule has 0 saturated heterocycles. The fourth-order valence-corrected chi connectivity index (χ4v) is 3.49. The van der Waals surface area contributed by atoms with Crippen LogP contribution in [0.3, 0.4) is 0 Å². The number of carbonyl (C=O) groups is 2. The standard InChI is InChI=1S/C15H21N3O3S/c1-5-6-18(8-12(19)20)14(21)11-7-10-13(9(2)3)16-17(4)15(10)22-11/h7,9H,5-6,8H2,1-4H3,(H,19,20). The number of fused-ring (bicyclic) bond motifs is 1. The van der Waals surface area contributed by atoms with Crippen molar-refractivity contribution in [3.63, 3.8) is 0 Å². The number of thiophene rings is 1. The van der Waals surface area contributed by atoms with E-state index >= 15 is 0 Å². The van der Waals surface area contributed by atoms with Gasteiger partial charge in [0.2, 0.25) is 0 Å². The molecule has 0 fully saturated rings. The molecule has 22 heavy (non-hydrogen) atoms. The molecule has 0 aliphatic heterocycles. The number of hydrogen-bond acceptors (Lipinski definition) is 4. The summed E-state index contributed by atoms with van der Waals surface area (Å²) in [4.78, 5) is 26.4. The van der Waals surface area contributed by atoms with Crippen molar-refractivity contribution in [2.45, 2.75) is 33.1 Å². The quantitative estimate of drug-likeness (QED) is 0.887. The monoisotopic (exact) mass is 323 g/mol. The first kappa shape index (κ1) is 16.5. The van der Waals surface area contributed by atoms with Gasteiger partial charge < -0.3 is 10.0 Å². The van der Waals surface area contributed by atoms with Gasteiger partial charge in [0.1, 0.15) is 11.4 Å². The van der Waals surface area contributed by atoms with Crippen molar-refractivity contribution < 1.29 is 14.7 Å². The van der Waals surface area contributed by atoms with Crippen LogP contribution in [0.1, 0.15) is 48.5 Å². The summed E-state index contributed by atoms with van der Waals surface area (Å²) in [6.45, 7) is 6.22. The molecule has 0 aliphatic carbocycles. The topological polar surface area (TPSA) is 75.4 Å². The van der Waals surface area contributed by atoms with Crippen LogP contribution in [0.25, 0.3) is 10.2 Å². The molecule has 6 nitrogen and oxygen atoms in total. The lowest BCUT2D eigenvalue weighted by Gasteiger charge is -2.18. The normalized spacial score (nSPS) is 11.3. The van der Waals surface area contributed by atoms with Crippen LogP contribution in [0.4, 0.5) is 0 Å². The summed E-state index contributed by atoms with van der Waals surface area (Å²) in [6, 6.07) is 1.84. The summed E-state index contributed by atoms with van der Waals surface area (Å²) in [6.07, 6.45) is 0.725. The third kappa shape index (κ3) is 3.14. The SMILES string of the molecule is CCCN(CC(=O)O)C(=O)c1cc2c(C(C)C)nn(C)c2s1. The summed E-state index contributed by atoms with van der Waals surface area (Å²) in [5.41, 5.74) is 0.966. The number of aryl methyl sites for hydroxylation is 1. The second kappa shape index (κ2) is 6.48. The number of carbonyl (C=O) groups excluding carboxylic acids is 1. The van der Waals surface area contributed by atoms with Crippen molar-refractivity contribution >= 4 is 33.4 Å². The number of amides is 1. The first-order valence-electron chi connectivity index (χ1n) is 7.32. The molecule has 0 unspecified atom stereocenters. The summed E-state index contributed by atoms with van der Waals surface area (Å²) >= 11 is 1.37. The smallest absolute Gasteiger partial charge is 0.323 e. The van der Waals surface area contributed by atoms with Crippen molar-refractivity contribution in [3.05, 3.63) is 16.6 Å². The van der Waals surface area contributed by atoms with E-state index in [-0.39, 0.29) is 18.4 Å². The summed E-state index contributed by atoms with van der Waals surface area (Å²) in [5.74, 6) is -0.945. The Morgan fingerprint density at radius 2 is 2.14 bits per heavy atom. The van der Waals surface area contributed by atoms with E-state index in [0.29, 0.717) is 11.4 Å². The second-order valence-corrected chi connectivity index (χ2v) is 6.64. The zero-order chi connectivity index (χ0) is 16.4. The predicted molar refractivity (Wildman–Crippen MR) is 86.5 cm³/mol. The molecule has 0 aliphatic rings. The maximum atomic E-state index is 12.6. The van der Waals surface area contributed by atoms with Gasteiger partial charge in [0.15, 0.2) is 0 Å². The highest BCUT2D eigenvalue weighted by Crippen LogP contribution is 2.32. The molecular weight excluding hydrogens is 302 g/mol. The Morgan fingerprint density at radius 1 is 1.45 bits per heavy atom. The molecule has 0 atom stereocenters. The Kier molecular flexibility index (Phi) is 4.85. The summed E-state index contributed by atoms with van der Waals surface area (Å²) in [5, 5.41) is 14.4. The zero-order valence-electron chi connectivity index (χ0n) is 13.3. The van der Waals surface area contributed by atoms with Gasteiger partial charge in [-0.05, 0) is 18.4 Å². The molecule has 7 heteroatoms. The fraction of sp³-hybridized carbons (Fsp3) is 0.533. The van der Waals surface area contributed by atoms with Gasteiger partial charge in [0.25, 0.3) is 5.91 Å². The lowest BCUT2D eigenvalue weighted by molar-refractivity contribution is -0.137. The van der Waals surface area contributed by atoms with Crippen LogP contribution in [0.5, 0.6) is 0 Å². The molecule has 1 amide bonds. The Balaban J connectivity index is 2.38. The Bertz CT molecular complexity index is 702. The van der Waals surface area contributed by atoms with Crippen molar-refractivity contribution in [2.24, 2.45) is 7.05 Å². The maximum absolute atomic E-state index is 12.6. The fourth-order valence-electron chi connectivity index (χ4n) is 2.44. The minimum Gasteiger partial charge on any atom is -0.480 e. The largest absolute Gasteiger partial charge is 0.480 e. The van der Waals surface area contributed by atoms with Crippen molar-refractivity contribution in [2.75, 3.05) is 13.1 Å². The molecule has 0 saturated carbocycles. The molecule has 1 N–H and O–H groups in total. The van der Waals surface area contributed by atoms with Crippen LogP contribution in [0.2, 0.25) is 0 Å². The van der Waals surface area contributed by atoms with Gasteiger partial charge in [-0.1, -0.05) is 20.8 Å². The van der Waals surface area contributed by atoms with Gasteiger partial charge in [-0.3, -0.25) is 14.3 Å². The van der Waals surface area contributed by atoms with Crippen LogP contribution < -0.4 is 0 Å². The third-order valence-corrected chi connectivity index (χ3v) is 4.59. The Morgan fingerprint density at radius 3 is 2.68 bits per heavy atom. The van der Waals surface area contributed by atoms with Crippen LogP contribution in [-0.2, 0) is 11.8 Å². The van der Waals surface area contributed by atoms with Gasteiger partial charge in [0.05, 0.1) is 10.6 Å². The Labute approximate surface area is 133 Å². The van der Waals surface area contributed by atoms with E-state index in [1.165, 1.54) is 16.2 Å². The summed E-state index contributed by atoms with van der Waals surface area (Å²) < 4.78 is 1.79. The number of aromatic nitrogens is 2. The number of nitrogens with zero attached hydrogens (tertiary/aromatic N) is 3. The Hall–Kier alpha value is -1.89. The highest BCUT2D eigenvalue weighted by Gasteiger charge is 2.23. The van der Waals surface area contributed by atoms with E-state index in [9.17, 15) is 9.59 Å². The van der Waals surface area contributed by atoms with E-state index in [4.69, 9.17) is 5.11 Å². The first-order valence-corrected chi connectivity index (χ1v) is 8.14. The highest BCUT2D eigenvalue weighted by atomic mass is 32.1. The number of hydrogen-bond donors (Lipinski definition) is 1. The van der Waals surface area contributed by atoms with Crippen molar-refractivity contribution in [1.29, 1.82) is 0 Å². The van der Waals surface area contributed by atoms with Gasteiger partial charge >= 0.3 is 5.97 Å². The number of carboxylic acid groups (broad SMARTS) is 1. The summed E-state index contributed by atoms with van der Waals surface area (Å²) in [7, 11) is 1.86. The maximum Gasteiger partial charge on any atom is 0.323 e. The van der Waals surface area contributed by atoms with Crippen LogP contribution in [-0.4, -0.2) is 44.8 Å². The molecule has 0 bridgehead atoms. The van der Waals surface area contributed by atoms with E-state index in [0.717, 1.165) is 22.3 Å². The van der Waals surface area contributed by atoms with E-state index in [1.54, 1.807) is 4.68 Å². The first-order chi connectivity index (χ1) is 10.3. The van der Waals surface area contributed by atoms with Crippen molar-refractivity contribution in [3.8, 4) is 0 Å². The molecule has 120 valence electrons. The minimum absolute atomic E-state index is 0.222. The van der Waals surface area contributed by atoms with Gasteiger partial charge in [-0.25, -0.2) is 0 Å². The molecule has 0 radical (unpaired) electrons. The average Bonchev–Trinajstić information content (AvgIpc) is 2.98. The van der Waals surface area contributed by atoms with Gasteiger partial charge in [-0.15, -0.1) is 11.3 Å². The van der Waals surface area contributed by atoms with Crippen LogP contribution in [0.15, 0.2) is 6.07 Å². The van der Waals surface area contributed by atoms with E-state index in [2.05, 4.69) is 18.9 Å². The second-order valence-electron chi connectivity index (χ2n) is 5.61. The molecule has 2 aromatic rings. The molecule has 2 rings (SSSR count).